The predicted molar refractivity (Wildman–Crippen MR) is 113 cm³/mol. The summed E-state index contributed by atoms with van der Waals surface area (Å²) in [4.78, 5) is 14.6. The highest BCUT2D eigenvalue weighted by atomic mass is 79.9. The number of benzene rings is 2. The Hall–Kier alpha value is -1.86. The van der Waals surface area contributed by atoms with Crippen molar-refractivity contribution in [1.29, 1.82) is 0 Å². The third kappa shape index (κ3) is 5.58. The molecule has 0 aromatic heterocycles. The molecule has 0 aliphatic carbocycles. The van der Waals surface area contributed by atoms with Crippen molar-refractivity contribution in [1.82, 2.24) is 4.90 Å². The number of carbonyl (C=O) groups excluding carboxylic acids is 1. The van der Waals surface area contributed by atoms with Crippen LogP contribution in [-0.2, 0) is 27.6 Å². The number of hydrogen-bond donors (Lipinski definition) is 0. The summed E-state index contributed by atoms with van der Waals surface area (Å²) in [6.07, 6.45) is 1.41. The van der Waals surface area contributed by atoms with E-state index in [0.717, 1.165) is 16.5 Å². The van der Waals surface area contributed by atoms with E-state index >= 15 is 0 Å². The Labute approximate surface area is 174 Å². The number of amides is 1. The molecule has 0 N–H and O–H groups in total. The molecule has 0 spiro atoms. The average Bonchev–Trinajstić information content (AvgIpc) is 3.04. The summed E-state index contributed by atoms with van der Waals surface area (Å²) in [6, 6.07) is 15.0. The maximum atomic E-state index is 12.9. The van der Waals surface area contributed by atoms with Crippen molar-refractivity contribution >= 4 is 31.7 Å². The number of aryl methyl sites for hydroxylation is 1. The van der Waals surface area contributed by atoms with Crippen molar-refractivity contribution in [2.24, 2.45) is 0 Å². The van der Waals surface area contributed by atoms with Crippen LogP contribution in [0, 0.1) is 0 Å². The number of hydrogen-bond acceptors (Lipinski definition) is 4. The van der Waals surface area contributed by atoms with Gasteiger partial charge in [0.1, 0.15) is 5.75 Å². The molecule has 1 fully saturated rings. The van der Waals surface area contributed by atoms with Gasteiger partial charge in [0.05, 0.1) is 11.5 Å². The van der Waals surface area contributed by atoms with E-state index in [2.05, 4.69) is 22.9 Å². The minimum Gasteiger partial charge on any atom is -0.484 e. The fraction of sp³-hybridized carbons (Fsp3) is 0.381. The second-order valence-corrected chi connectivity index (χ2v) is 10.1. The lowest BCUT2D eigenvalue weighted by atomic mass is 10.1. The average molecular weight is 466 g/mol. The lowest BCUT2D eigenvalue weighted by Gasteiger charge is -2.28. The SMILES string of the molecule is CCc1ccc(OCC(=O)N(Cc2cccc(Br)c2)C2CCS(=O)(=O)C2)cc1. The minimum atomic E-state index is -3.09. The van der Waals surface area contributed by atoms with Crippen LogP contribution in [-0.4, -0.2) is 43.4 Å². The van der Waals surface area contributed by atoms with E-state index in [0.29, 0.717) is 18.7 Å². The standard InChI is InChI=1S/C21H24BrNO4S/c1-2-16-6-8-20(9-7-16)27-14-21(24)23(19-10-11-28(25,26)15-19)13-17-4-3-5-18(22)12-17/h3-9,12,19H,2,10-11,13-15H2,1H3. The summed E-state index contributed by atoms with van der Waals surface area (Å²) in [5.41, 5.74) is 2.14. The van der Waals surface area contributed by atoms with Crippen molar-refractivity contribution in [3.63, 3.8) is 0 Å². The zero-order valence-corrected chi connectivity index (χ0v) is 18.2. The van der Waals surface area contributed by atoms with E-state index in [4.69, 9.17) is 4.74 Å². The lowest BCUT2D eigenvalue weighted by molar-refractivity contribution is -0.136. The zero-order chi connectivity index (χ0) is 20.1. The first-order valence-electron chi connectivity index (χ1n) is 9.32. The van der Waals surface area contributed by atoms with E-state index in [1.54, 1.807) is 4.90 Å². The smallest absolute Gasteiger partial charge is 0.261 e. The molecule has 2 aromatic carbocycles. The summed E-state index contributed by atoms with van der Waals surface area (Å²) in [5.74, 6) is 0.561. The fourth-order valence-electron chi connectivity index (χ4n) is 3.32. The first-order valence-corrected chi connectivity index (χ1v) is 11.9. The highest BCUT2D eigenvalue weighted by Crippen LogP contribution is 2.22. The van der Waals surface area contributed by atoms with Gasteiger partial charge in [-0.15, -0.1) is 0 Å². The molecule has 2 aromatic rings. The summed E-state index contributed by atoms with van der Waals surface area (Å²) >= 11 is 3.44. The molecule has 0 saturated carbocycles. The topological polar surface area (TPSA) is 63.7 Å². The fourth-order valence-corrected chi connectivity index (χ4v) is 5.50. The van der Waals surface area contributed by atoms with Gasteiger partial charge in [-0.2, -0.15) is 0 Å². The van der Waals surface area contributed by atoms with Gasteiger partial charge in [-0.3, -0.25) is 4.79 Å². The Morgan fingerprint density at radius 2 is 1.93 bits per heavy atom. The molecule has 7 heteroatoms. The van der Waals surface area contributed by atoms with E-state index in [1.165, 1.54) is 5.56 Å². The maximum absolute atomic E-state index is 12.9. The van der Waals surface area contributed by atoms with Gasteiger partial charge < -0.3 is 9.64 Å². The molecule has 1 aliphatic rings. The third-order valence-electron chi connectivity index (χ3n) is 4.91. The van der Waals surface area contributed by atoms with Gasteiger partial charge in [0.15, 0.2) is 16.4 Å². The van der Waals surface area contributed by atoms with Gasteiger partial charge in [-0.05, 0) is 48.2 Å². The van der Waals surface area contributed by atoms with E-state index < -0.39 is 9.84 Å². The number of halogens is 1. The van der Waals surface area contributed by atoms with Crippen LogP contribution in [0.1, 0.15) is 24.5 Å². The Balaban J connectivity index is 1.72. The van der Waals surface area contributed by atoms with Gasteiger partial charge in [0.25, 0.3) is 5.91 Å². The Morgan fingerprint density at radius 1 is 1.18 bits per heavy atom. The first kappa shape index (κ1) is 20.9. The van der Waals surface area contributed by atoms with Crippen LogP contribution < -0.4 is 4.74 Å². The van der Waals surface area contributed by atoms with Crippen LogP contribution in [0.15, 0.2) is 53.0 Å². The van der Waals surface area contributed by atoms with Crippen LogP contribution in [0.25, 0.3) is 0 Å². The molecule has 1 saturated heterocycles. The van der Waals surface area contributed by atoms with E-state index in [-0.39, 0.29) is 30.1 Å². The van der Waals surface area contributed by atoms with Crippen molar-refractivity contribution in [3.05, 3.63) is 64.1 Å². The molecular formula is C21H24BrNO4S. The van der Waals surface area contributed by atoms with Crippen LogP contribution in [0.3, 0.4) is 0 Å². The van der Waals surface area contributed by atoms with Gasteiger partial charge in [-0.1, -0.05) is 47.1 Å². The van der Waals surface area contributed by atoms with Crippen molar-refractivity contribution in [2.45, 2.75) is 32.4 Å². The van der Waals surface area contributed by atoms with Gasteiger partial charge >= 0.3 is 0 Å². The zero-order valence-electron chi connectivity index (χ0n) is 15.8. The van der Waals surface area contributed by atoms with Crippen LogP contribution >= 0.6 is 15.9 Å². The summed E-state index contributed by atoms with van der Waals surface area (Å²) in [7, 11) is -3.09. The van der Waals surface area contributed by atoms with Crippen molar-refractivity contribution in [2.75, 3.05) is 18.1 Å². The number of carbonyl (C=O) groups is 1. The second kappa shape index (κ2) is 9.09. The predicted octanol–water partition coefficient (Wildman–Crippen LogP) is 3.61. The largest absolute Gasteiger partial charge is 0.484 e. The van der Waals surface area contributed by atoms with E-state index in [9.17, 15) is 13.2 Å². The Bertz CT molecular complexity index is 928. The van der Waals surface area contributed by atoms with Gasteiger partial charge in [0, 0.05) is 17.1 Å². The van der Waals surface area contributed by atoms with Crippen molar-refractivity contribution < 1.29 is 17.9 Å². The monoisotopic (exact) mass is 465 g/mol. The molecular weight excluding hydrogens is 442 g/mol. The van der Waals surface area contributed by atoms with Crippen LogP contribution in [0.2, 0.25) is 0 Å². The maximum Gasteiger partial charge on any atom is 0.261 e. The molecule has 0 bridgehead atoms. The quantitative estimate of drug-likeness (QED) is 0.626. The molecule has 150 valence electrons. The molecule has 1 heterocycles. The highest BCUT2D eigenvalue weighted by molar-refractivity contribution is 9.10. The Morgan fingerprint density at radius 3 is 2.54 bits per heavy atom. The first-order chi connectivity index (χ1) is 13.4. The molecule has 1 aliphatic heterocycles. The molecule has 28 heavy (non-hydrogen) atoms. The summed E-state index contributed by atoms with van der Waals surface area (Å²) in [6.45, 7) is 2.32. The molecule has 5 nitrogen and oxygen atoms in total. The minimum absolute atomic E-state index is 0.0118. The second-order valence-electron chi connectivity index (χ2n) is 6.99. The van der Waals surface area contributed by atoms with Crippen molar-refractivity contribution in [3.8, 4) is 5.75 Å². The van der Waals surface area contributed by atoms with Gasteiger partial charge in [0.2, 0.25) is 0 Å². The number of ether oxygens (including phenoxy) is 1. The number of nitrogens with zero attached hydrogens (tertiary/aromatic N) is 1. The molecule has 0 radical (unpaired) electrons. The Kier molecular flexibility index (Phi) is 6.78. The summed E-state index contributed by atoms with van der Waals surface area (Å²) < 4.78 is 30.5. The summed E-state index contributed by atoms with van der Waals surface area (Å²) in [5, 5.41) is 0. The van der Waals surface area contributed by atoms with Gasteiger partial charge in [-0.25, -0.2) is 8.42 Å². The van der Waals surface area contributed by atoms with Crippen LogP contribution in [0.5, 0.6) is 5.75 Å². The lowest BCUT2D eigenvalue weighted by Crippen LogP contribution is -2.43. The highest BCUT2D eigenvalue weighted by Gasteiger charge is 2.34. The molecule has 1 amide bonds. The molecule has 1 atom stereocenters. The molecule has 1 unspecified atom stereocenters. The number of sulfone groups is 1. The number of rotatable bonds is 7. The molecule has 3 rings (SSSR count). The van der Waals surface area contributed by atoms with E-state index in [1.807, 2.05) is 48.5 Å². The normalized spacial score (nSPS) is 18.0. The third-order valence-corrected chi connectivity index (χ3v) is 7.15. The van der Waals surface area contributed by atoms with Crippen LogP contribution in [0.4, 0.5) is 0 Å².